The summed E-state index contributed by atoms with van der Waals surface area (Å²) < 4.78 is 3.00. The molecule has 27 heavy (non-hydrogen) atoms. The summed E-state index contributed by atoms with van der Waals surface area (Å²) in [6.45, 7) is 8.52. The quantitative estimate of drug-likeness (QED) is 0.532. The van der Waals surface area contributed by atoms with Crippen LogP contribution < -0.4 is 10.9 Å². The number of nitrogens with zero attached hydrogens (tertiary/aromatic N) is 2. The van der Waals surface area contributed by atoms with Crippen LogP contribution in [0.4, 0.5) is 0 Å². The van der Waals surface area contributed by atoms with E-state index in [1.165, 1.54) is 5.06 Å². The van der Waals surface area contributed by atoms with Crippen molar-refractivity contribution in [3.63, 3.8) is 0 Å². The van der Waals surface area contributed by atoms with Crippen LogP contribution >= 0.6 is 12.4 Å². The molecule has 1 amide bonds. The molecule has 0 saturated heterocycles. The fourth-order valence-corrected chi connectivity index (χ4v) is 5.62. The monoisotopic (exact) mass is 459 g/mol. The molecule has 0 unspecified atom stereocenters. The molecule has 2 heterocycles. The first kappa shape index (κ1) is 21.9. The summed E-state index contributed by atoms with van der Waals surface area (Å²) >= 11 is 0.0229. The first-order chi connectivity index (χ1) is 12.1. The second-order valence-corrected chi connectivity index (χ2v) is 9.92. The summed E-state index contributed by atoms with van der Waals surface area (Å²) in [6.07, 6.45) is 2.51. The van der Waals surface area contributed by atoms with Crippen molar-refractivity contribution < 1.29 is 10.0 Å². The van der Waals surface area contributed by atoms with Gasteiger partial charge in [-0.25, -0.2) is 0 Å². The van der Waals surface area contributed by atoms with E-state index in [0.29, 0.717) is 25.1 Å². The Labute approximate surface area is 171 Å². The summed E-state index contributed by atoms with van der Waals surface area (Å²) in [5, 5.41) is 15.2. The van der Waals surface area contributed by atoms with E-state index in [-0.39, 0.29) is 38.6 Å². The van der Waals surface area contributed by atoms with E-state index >= 15 is 0 Å². The molecule has 0 spiro atoms. The number of fused-ring (bicyclic) bond motifs is 1. The van der Waals surface area contributed by atoms with E-state index in [4.69, 9.17) is 0 Å². The van der Waals surface area contributed by atoms with Gasteiger partial charge in [-0.3, -0.25) is 0 Å². The van der Waals surface area contributed by atoms with Crippen molar-refractivity contribution in [2.45, 2.75) is 51.7 Å². The van der Waals surface area contributed by atoms with Crippen molar-refractivity contribution in [1.82, 2.24) is 13.9 Å². The van der Waals surface area contributed by atoms with Crippen LogP contribution in [0.15, 0.2) is 40.7 Å². The van der Waals surface area contributed by atoms with Gasteiger partial charge in [0.15, 0.2) is 0 Å². The SMILES string of the molecule is CC1(C)C=C(C(=O)NCCCn2[se]c3ccccc3c2=O)C(C)(C)N1O.Cl. The van der Waals surface area contributed by atoms with Gasteiger partial charge in [0.25, 0.3) is 0 Å². The second-order valence-electron chi connectivity index (χ2n) is 7.69. The van der Waals surface area contributed by atoms with Crippen molar-refractivity contribution in [2.75, 3.05) is 6.54 Å². The molecule has 2 aromatic rings. The topological polar surface area (TPSA) is 74.6 Å². The van der Waals surface area contributed by atoms with E-state index < -0.39 is 11.1 Å². The minimum Gasteiger partial charge on any atom is -0.147 e. The van der Waals surface area contributed by atoms with Crippen LogP contribution in [0, 0.1) is 0 Å². The number of carbonyl (C=O) groups excluding carboxylic acids is 1. The number of hydrogen-bond donors (Lipinski definition) is 2. The van der Waals surface area contributed by atoms with E-state index in [0.717, 1.165) is 9.65 Å². The maximum Gasteiger partial charge on any atom is -0.147 e. The molecule has 0 saturated carbocycles. The van der Waals surface area contributed by atoms with Crippen LogP contribution in [0.1, 0.15) is 34.1 Å². The van der Waals surface area contributed by atoms with Gasteiger partial charge in [-0.15, -0.1) is 12.4 Å². The number of hydroxylamine groups is 2. The second kappa shape index (κ2) is 7.94. The normalized spacial score (nSPS) is 18.2. The Morgan fingerprint density at radius 2 is 1.89 bits per heavy atom. The molecular weight excluding hydrogens is 433 g/mol. The van der Waals surface area contributed by atoms with Gasteiger partial charge < -0.3 is 0 Å². The summed E-state index contributed by atoms with van der Waals surface area (Å²) in [7, 11) is 0. The standard InChI is InChI=1S/C19H25N3O3Se.ClH/c1-18(2)12-14(19(3,4)22(18)25)16(23)20-10-7-11-21-17(24)13-8-5-6-9-15(13)26-21;/h5-6,8-9,12,25H,7,10-11H2,1-4H3,(H,20,23);1H. The van der Waals surface area contributed by atoms with Gasteiger partial charge in [-0.1, -0.05) is 0 Å². The van der Waals surface area contributed by atoms with E-state index in [2.05, 4.69) is 5.32 Å². The zero-order chi connectivity index (χ0) is 19.1. The smallest absolute Gasteiger partial charge is 0.147 e. The van der Waals surface area contributed by atoms with Crippen LogP contribution in [0.2, 0.25) is 0 Å². The van der Waals surface area contributed by atoms with Crippen LogP contribution in [0.25, 0.3) is 9.65 Å². The fraction of sp³-hybridized carbons (Fsp3) is 0.474. The Kier molecular flexibility index (Phi) is 6.44. The molecule has 1 aromatic heterocycles. The number of aryl methyl sites for hydroxylation is 1. The maximum atomic E-state index is 12.5. The van der Waals surface area contributed by atoms with Gasteiger partial charge in [0.2, 0.25) is 0 Å². The number of carbonyl (C=O) groups is 1. The van der Waals surface area contributed by atoms with Crippen molar-refractivity contribution >= 4 is 42.7 Å². The molecule has 1 aliphatic rings. The fourth-order valence-electron chi connectivity index (χ4n) is 3.45. The number of halogens is 1. The minimum absolute atomic E-state index is 0. The molecule has 0 radical (unpaired) electrons. The Balaban J connectivity index is 0.00000261. The third-order valence-electron chi connectivity index (χ3n) is 4.85. The number of nitrogens with one attached hydrogen (secondary N) is 1. The summed E-state index contributed by atoms with van der Waals surface area (Å²) in [4.78, 5) is 24.9. The van der Waals surface area contributed by atoms with Gasteiger partial charge in [0.05, 0.1) is 0 Å². The van der Waals surface area contributed by atoms with Crippen LogP contribution in [-0.4, -0.2) is 52.1 Å². The summed E-state index contributed by atoms with van der Waals surface area (Å²) in [6, 6.07) is 7.73. The Hall–Kier alpha value is -1.37. The number of amides is 1. The maximum absolute atomic E-state index is 12.5. The first-order valence-electron chi connectivity index (χ1n) is 8.74. The molecule has 148 valence electrons. The Morgan fingerprint density at radius 3 is 2.48 bits per heavy atom. The molecule has 0 aliphatic carbocycles. The Morgan fingerprint density at radius 1 is 1.22 bits per heavy atom. The predicted molar refractivity (Wildman–Crippen MR) is 110 cm³/mol. The average Bonchev–Trinajstić information content (AvgIpc) is 2.99. The van der Waals surface area contributed by atoms with Crippen molar-refractivity contribution in [2.24, 2.45) is 0 Å². The minimum atomic E-state index is -0.733. The number of aromatic nitrogens is 1. The van der Waals surface area contributed by atoms with E-state index in [1.807, 2.05) is 61.6 Å². The average molecular weight is 459 g/mol. The molecule has 0 bridgehead atoms. The van der Waals surface area contributed by atoms with Gasteiger partial charge in [0, 0.05) is 0 Å². The zero-order valence-electron chi connectivity index (χ0n) is 16.0. The molecule has 0 fully saturated rings. The van der Waals surface area contributed by atoms with Gasteiger partial charge in [0.1, 0.15) is 0 Å². The molecule has 1 aliphatic heterocycles. The molecule has 1 aromatic carbocycles. The summed E-state index contributed by atoms with van der Waals surface area (Å²) in [5.74, 6) is -0.166. The largest absolute Gasteiger partial charge is 0.147 e. The van der Waals surface area contributed by atoms with E-state index in [9.17, 15) is 14.8 Å². The predicted octanol–water partition coefficient (Wildman–Crippen LogP) is 2.18. The Bertz CT molecular complexity index is 930. The van der Waals surface area contributed by atoms with Crippen LogP contribution in [-0.2, 0) is 11.3 Å². The van der Waals surface area contributed by atoms with Gasteiger partial charge in [-0.05, 0) is 0 Å². The van der Waals surface area contributed by atoms with E-state index in [1.54, 1.807) is 0 Å². The third-order valence-corrected chi connectivity index (χ3v) is 7.21. The molecule has 6 nitrogen and oxygen atoms in total. The number of hydrogen-bond acceptors (Lipinski definition) is 4. The molecular formula is C19H26ClN3O3Se. The first-order valence-corrected chi connectivity index (χ1v) is 10.4. The summed E-state index contributed by atoms with van der Waals surface area (Å²) in [5.41, 5.74) is -0.654. The van der Waals surface area contributed by atoms with Crippen molar-refractivity contribution in [1.29, 1.82) is 0 Å². The third kappa shape index (κ3) is 4.08. The molecule has 2 N–H and O–H groups in total. The van der Waals surface area contributed by atoms with Gasteiger partial charge in [-0.2, -0.15) is 0 Å². The number of rotatable bonds is 5. The molecule has 8 heteroatoms. The molecule has 0 atom stereocenters. The molecule has 3 rings (SSSR count). The number of benzene rings is 1. The van der Waals surface area contributed by atoms with Crippen LogP contribution in [0.3, 0.4) is 0 Å². The van der Waals surface area contributed by atoms with Crippen LogP contribution in [0.5, 0.6) is 0 Å². The van der Waals surface area contributed by atoms with Gasteiger partial charge >= 0.3 is 159 Å². The van der Waals surface area contributed by atoms with Crippen molar-refractivity contribution in [3.8, 4) is 0 Å². The zero-order valence-corrected chi connectivity index (χ0v) is 18.5. The van der Waals surface area contributed by atoms with Crippen molar-refractivity contribution in [3.05, 3.63) is 46.3 Å².